The Kier molecular flexibility index (Phi) is 30.4. The third-order valence-corrected chi connectivity index (χ3v) is 17.7. The predicted octanol–water partition coefficient (Wildman–Crippen LogP) is 13.5. The number of piperidine rings is 6. The van der Waals surface area contributed by atoms with E-state index in [0.717, 1.165) is 109 Å². The van der Waals surface area contributed by atoms with Gasteiger partial charge >= 0.3 is 0 Å². The molecule has 6 aliphatic heterocycles. The molecule has 562 valence electrons. The van der Waals surface area contributed by atoms with E-state index < -0.39 is 88.1 Å². The van der Waals surface area contributed by atoms with E-state index in [2.05, 4.69) is 5.32 Å². The number of nitro groups is 5. The zero-order valence-corrected chi connectivity index (χ0v) is 57.3. The highest BCUT2D eigenvalue weighted by Crippen LogP contribution is 2.37. The van der Waals surface area contributed by atoms with Gasteiger partial charge in [0.25, 0.3) is 28.4 Å². The number of hydrogen-bond acceptors (Lipinski definition) is 21. The Labute approximate surface area is 592 Å². The van der Waals surface area contributed by atoms with Gasteiger partial charge in [-0.2, -0.15) is 0 Å². The van der Waals surface area contributed by atoms with Gasteiger partial charge in [0.15, 0.2) is 40.7 Å². The Morgan fingerprint density at radius 2 is 0.606 bits per heavy atom. The van der Waals surface area contributed by atoms with Crippen molar-refractivity contribution in [1.29, 1.82) is 0 Å². The van der Waals surface area contributed by atoms with Gasteiger partial charge in [0.05, 0.1) is 75.6 Å². The molecule has 0 aromatic heterocycles. The lowest BCUT2D eigenvalue weighted by molar-refractivity contribution is -0.385. The van der Waals surface area contributed by atoms with Crippen molar-refractivity contribution in [2.24, 2.45) is 0 Å². The molecule has 6 aromatic carbocycles. The van der Waals surface area contributed by atoms with Gasteiger partial charge in [-0.3, -0.25) is 65.0 Å². The minimum Gasteiger partial charge on any atom is -0.397 e. The molecular formula is C68H83F7N16O13. The zero-order valence-electron chi connectivity index (χ0n) is 57.3. The molecule has 0 saturated carbocycles. The Morgan fingerprint density at radius 3 is 0.952 bits per heavy atom. The highest BCUT2D eigenvalue weighted by molar-refractivity contribution is 5.96. The zero-order chi connectivity index (χ0) is 76.6. The Bertz CT molecular complexity index is 3920. The second kappa shape index (κ2) is 38.7. The van der Waals surface area contributed by atoms with Gasteiger partial charge in [0.2, 0.25) is 17.7 Å². The lowest BCUT2D eigenvalue weighted by Gasteiger charge is -2.29. The molecule has 6 saturated heterocycles. The first-order valence-electron chi connectivity index (χ1n) is 33.6. The van der Waals surface area contributed by atoms with Crippen LogP contribution in [0.25, 0.3) is 0 Å². The van der Waals surface area contributed by atoms with E-state index in [4.69, 9.17) is 28.7 Å². The fourth-order valence-electron chi connectivity index (χ4n) is 11.9. The normalized spacial score (nSPS) is 15.8. The van der Waals surface area contributed by atoms with Crippen molar-refractivity contribution in [2.75, 3.05) is 112 Å². The number of carbonyl (C=O) groups excluding carboxylic acids is 3. The number of nitrogens with one attached hydrogen (secondary N) is 1. The summed E-state index contributed by atoms with van der Waals surface area (Å²) in [6.45, 7) is 9.93. The number of amides is 3. The molecule has 6 aromatic rings. The molecule has 0 spiro atoms. The minimum atomic E-state index is -1.38. The first-order valence-corrected chi connectivity index (χ1v) is 33.6. The highest BCUT2D eigenvalue weighted by Gasteiger charge is 2.30. The fraction of sp³-hybridized carbons (Fsp3) is 0.426. The quantitative estimate of drug-likeness (QED) is 0.0321. The summed E-state index contributed by atoms with van der Waals surface area (Å²) < 4.78 is 94.7. The largest absolute Gasteiger partial charge is 0.397 e. The molecule has 6 aliphatic rings. The Morgan fingerprint density at radius 1 is 0.327 bits per heavy atom. The lowest BCUT2D eigenvalue weighted by atomic mass is 10.1. The molecule has 0 unspecified atom stereocenters. The number of benzene rings is 6. The molecule has 0 bridgehead atoms. The average Bonchev–Trinajstić information content (AvgIpc) is 0.881. The van der Waals surface area contributed by atoms with Gasteiger partial charge in [0.1, 0.15) is 17.1 Å². The fourth-order valence-corrected chi connectivity index (χ4v) is 11.9. The van der Waals surface area contributed by atoms with Gasteiger partial charge < -0.3 is 58.5 Å². The van der Waals surface area contributed by atoms with Crippen LogP contribution in [0.3, 0.4) is 0 Å². The number of hydrogen-bond donors (Lipinski definition) is 6. The van der Waals surface area contributed by atoms with E-state index in [1.165, 1.54) is 122 Å². The maximum absolute atomic E-state index is 14.1. The third-order valence-electron chi connectivity index (χ3n) is 17.7. The number of carbonyl (C=O) groups is 3. The summed E-state index contributed by atoms with van der Waals surface area (Å²) in [7, 11) is 0. The van der Waals surface area contributed by atoms with Crippen LogP contribution in [0.5, 0.6) is 0 Å². The van der Waals surface area contributed by atoms with Crippen LogP contribution in [0.2, 0.25) is 0 Å². The summed E-state index contributed by atoms with van der Waals surface area (Å²) in [5.74, 6) is -6.28. The molecule has 0 aliphatic carbocycles. The van der Waals surface area contributed by atoms with Crippen LogP contribution in [0.1, 0.15) is 127 Å². The standard InChI is InChI=1S/C12H13FN2O3.C12H15FN2O2.C11H12FN3O3.C11H14FN3O2.C11H14FN3O.C6H4F2N2O2.C5H11N/c1-8-9(15(17)18)5-6-10(12(8)13)14-7-3-2-4-11(14)16;1-9-10(15(16)17)5-6-11(12(9)13)14-7-3-2-4-8-14;12-10-7(14-6-2-1-3-9(14)16)4-5-8(11(10)13)15(17)18;12-10-8(14-6-2-1-3-7-14)4-5-9(11(10)13)15(16)17;12-10-8(5-4-7(13)11(10)14)15-6-2-1-3-9(15)16;7-3-1-2-4(10(11)12)6(9)5(3)8;1-2-4-6-5-3-1/h5-6H,2-4,7H2,1H3;5-6H,2-4,7-8H2,1H3;4-5H,1-3,6,13H2;4-5H,1-3,6-7,13H2;4-5H,1-3,6,13-14H2;1-2H,9H2;6H,1-5H2. The molecule has 0 atom stereocenters. The minimum absolute atomic E-state index is 0.0165. The van der Waals surface area contributed by atoms with Crippen molar-refractivity contribution in [1.82, 2.24) is 5.32 Å². The summed E-state index contributed by atoms with van der Waals surface area (Å²) >= 11 is 0. The van der Waals surface area contributed by atoms with Crippen LogP contribution in [-0.2, 0) is 14.4 Å². The molecule has 12 rings (SSSR count). The molecule has 104 heavy (non-hydrogen) atoms. The second-order valence-corrected chi connectivity index (χ2v) is 24.6. The summed E-state index contributed by atoms with van der Waals surface area (Å²) in [5, 5.41) is 56.0. The number of nitrogens with two attached hydrogens (primary N) is 5. The monoisotopic (exact) mass is 1460 g/mol. The van der Waals surface area contributed by atoms with E-state index in [-0.39, 0.29) is 80.0 Å². The molecule has 11 N–H and O–H groups in total. The first kappa shape index (κ1) is 81.8. The maximum atomic E-state index is 14.1. The number of nitrogens with zero attached hydrogens (tertiary/aromatic N) is 10. The summed E-state index contributed by atoms with van der Waals surface area (Å²) in [6, 6.07) is 15.0. The van der Waals surface area contributed by atoms with Crippen LogP contribution in [0.4, 0.5) is 116 Å². The van der Waals surface area contributed by atoms with Crippen LogP contribution in [0, 0.1) is 105 Å². The van der Waals surface area contributed by atoms with Crippen LogP contribution >= 0.6 is 0 Å². The number of nitrogen functional groups attached to an aromatic ring is 5. The Hall–Kier alpha value is -11.2. The van der Waals surface area contributed by atoms with Gasteiger partial charge in [-0.25, -0.2) is 30.7 Å². The molecule has 6 fully saturated rings. The van der Waals surface area contributed by atoms with Crippen molar-refractivity contribution in [3.63, 3.8) is 0 Å². The van der Waals surface area contributed by atoms with Crippen LogP contribution < -0.4 is 58.5 Å². The van der Waals surface area contributed by atoms with Gasteiger partial charge in [0, 0.05) is 95.4 Å². The molecular weight excluding hydrogens is 1380 g/mol. The number of anilines is 10. The first-order chi connectivity index (χ1) is 49.4. The maximum Gasteiger partial charge on any atom is 0.295 e. The van der Waals surface area contributed by atoms with Crippen molar-refractivity contribution >= 4 is 103 Å². The van der Waals surface area contributed by atoms with Gasteiger partial charge in [-0.15, -0.1) is 0 Å². The summed E-state index contributed by atoms with van der Waals surface area (Å²) in [4.78, 5) is 92.2. The predicted molar refractivity (Wildman–Crippen MR) is 381 cm³/mol. The number of rotatable bonds is 10. The molecule has 36 heteroatoms. The smallest absolute Gasteiger partial charge is 0.295 e. The highest BCUT2D eigenvalue weighted by atomic mass is 19.2. The molecule has 0 radical (unpaired) electrons. The van der Waals surface area contributed by atoms with E-state index in [1.807, 2.05) is 9.80 Å². The average molecular weight is 1470 g/mol. The SMILES string of the molecule is C1CCNCC1.Cc1c([N+](=O)[O-])ccc(N2CCCCC2)c1F.Cc1c([N+](=O)[O-])ccc(N2CCCCC2=O)c1F.Nc1c([N+](=O)[O-])ccc(F)c1F.Nc1c([N+](=O)[O-])ccc(N2CCCCC2)c1F.Nc1c([N+](=O)[O-])ccc(N2CCCCC2=O)c1F.Nc1ccc(N2CCCCC2=O)c(F)c1N. The van der Waals surface area contributed by atoms with Gasteiger partial charge in [-0.05, 0) is 159 Å². The number of halogens is 7. The second-order valence-electron chi connectivity index (χ2n) is 24.6. The van der Waals surface area contributed by atoms with Crippen LogP contribution in [-0.4, -0.2) is 101 Å². The van der Waals surface area contributed by atoms with E-state index >= 15 is 0 Å². The van der Waals surface area contributed by atoms with Gasteiger partial charge in [-0.1, -0.05) is 6.42 Å². The third kappa shape index (κ3) is 21.2. The van der Waals surface area contributed by atoms with E-state index in [9.17, 15) is 95.7 Å². The summed E-state index contributed by atoms with van der Waals surface area (Å²) in [6.07, 6.45) is 16.8. The molecule has 6 heterocycles. The van der Waals surface area contributed by atoms with Crippen molar-refractivity contribution in [3.05, 3.63) is 175 Å². The van der Waals surface area contributed by atoms with Crippen molar-refractivity contribution in [3.8, 4) is 0 Å². The lowest BCUT2D eigenvalue weighted by Crippen LogP contribution is -2.35. The molecule has 3 amide bonds. The van der Waals surface area contributed by atoms with E-state index in [0.29, 0.717) is 56.3 Å². The van der Waals surface area contributed by atoms with Crippen molar-refractivity contribution < 1.29 is 69.7 Å². The number of nitro benzene ring substituents is 5. The summed E-state index contributed by atoms with van der Waals surface area (Å²) in [5.41, 5.74) is 24.6. The molecule has 29 nitrogen and oxygen atoms in total. The Balaban J connectivity index is 0.000000193. The van der Waals surface area contributed by atoms with Crippen LogP contribution in [0.15, 0.2) is 72.8 Å². The van der Waals surface area contributed by atoms with Crippen molar-refractivity contribution in [2.45, 2.75) is 129 Å². The topological polar surface area (TPSA) is 425 Å². The van der Waals surface area contributed by atoms with E-state index in [1.54, 1.807) is 0 Å².